The molecule has 5 nitrogen and oxygen atoms in total. The molecule has 11 heavy (non-hydrogen) atoms. The van der Waals surface area contributed by atoms with Crippen molar-refractivity contribution in [3.63, 3.8) is 0 Å². The third kappa shape index (κ3) is 5.78. The van der Waals surface area contributed by atoms with E-state index in [-0.39, 0.29) is 6.42 Å². The van der Waals surface area contributed by atoms with Gasteiger partial charge in [-0.25, -0.2) is 0 Å². The molecule has 0 heterocycles. The summed E-state index contributed by atoms with van der Waals surface area (Å²) in [6.45, 7) is 2.66. The minimum atomic E-state index is -2.43. The first-order valence-electron chi connectivity index (χ1n) is 3.23. The summed E-state index contributed by atoms with van der Waals surface area (Å²) in [7, 11) is 0. The molecule has 0 rings (SSSR count). The quantitative estimate of drug-likeness (QED) is 0.363. The number of hydrogen-bond donors (Lipinski definition) is 3. The fourth-order valence-corrected chi connectivity index (χ4v) is 0.691. The first kappa shape index (κ1) is 10.3. The molecule has 4 N–H and O–H groups in total. The van der Waals surface area contributed by atoms with E-state index < -0.39 is 18.0 Å². The molecule has 0 aliphatic carbocycles. The van der Waals surface area contributed by atoms with Crippen LogP contribution in [0.2, 0.25) is 0 Å². The summed E-state index contributed by atoms with van der Waals surface area (Å²) >= 11 is 0. The summed E-state index contributed by atoms with van der Waals surface area (Å²) in [5.41, 5.74) is 5.24. The van der Waals surface area contributed by atoms with E-state index in [2.05, 4.69) is 4.74 Å². The van der Waals surface area contributed by atoms with Crippen LogP contribution in [0.5, 0.6) is 0 Å². The predicted molar refractivity (Wildman–Crippen MR) is 37.2 cm³/mol. The standard InChI is InChI=1S/C6H13NO4/c1-4(7)3-6(9,10)11-5(2)8/h4,9-10H,3,7H2,1-2H3. The van der Waals surface area contributed by atoms with Gasteiger partial charge in [-0.05, 0) is 6.92 Å². The maximum absolute atomic E-state index is 10.3. The molecule has 5 heteroatoms. The molecule has 1 atom stereocenters. The number of ether oxygens (including phenoxy) is 1. The zero-order valence-electron chi connectivity index (χ0n) is 6.57. The van der Waals surface area contributed by atoms with Crippen molar-refractivity contribution in [1.29, 1.82) is 0 Å². The van der Waals surface area contributed by atoms with E-state index in [0.29, 0.717) is 0 Å². The first-order chi connectivity index (χ1) is 4.83. The number of hydrogen-bond acceptors (Lipinski definition) is 5. The number of carbonyl (C=O) groups excluding carboxylic acids is 1. The van der Waals surface area contributed by atoms with Crippen molar-refractivity contribution in [3.05, 3.63) is 0 Å². The highest BCUT2D eigenvalue weighted by Crippen LogP contribution is 2.09. The maximum atomic E-state index is 10.3. The number of carbonyl (C=O) groups is 1. The van der Waals surface area contributed by atoms with E-state index in [4.69, 9.17) is 15.9 Å². The average Bonchev–Trinajstić information content (AvgIpc) is 1.53. The van der Waals surface area contributed by atoms with Gasteiger partial charge in [0, 0.05) is 13.0 Å². The summed E-state index contributed by atoms with van der Waals surface area (Å²) in [5, 5.41) is 17.8. The van der Waals surface area contributed by atoms with Crippen LogP contribution in [0, 0.1) is 0 Å². The Morgan fingerprint density at radius 3 is 2.45 bits per heavy atom. The molecular weight excluding hydrogens is 150 g/mol. The SMILES string of the molecule is CC(=O)OC(O)(O)CC(C)N. The second-order valence-corrected chi connectivity index (χ2v) is 2.52. The van der Waals surface area contributed by atoms with Gasteiger partial charge in [0.1, 0.15) is 0 Å². The Kier molecular flexibility index (Phi) is 3.44. The van der Waals surface area contributed by atoms with Crippen LogP contribution in [0.1, 0.15) is 20.3 Å². The third-order valence-corrected chi connectivity index (χ3v) is 0.895. The van der Waals surface area contributed by atoms with Crippen LogP contribution in [0.25, 0.3) is 0 Å². The molecule has 66 valence electrons. The monoisotopic (exact) mass is 163 g/mol. The van der Waals surface area contributed by atoms with Gasteiger partial charge in [-0.2, -0.15) is 0 Å². The van der Waals surface area contributed by atoms with Crippen molar-refractivity contribution in [2.75, 3.05) is 0 Å². The summed E-state index contributed by atoms with van der Waals surface area (Å²) in [4.78, 5) is 10.3. The van der Waals surface area contributed by atoms with Gasteiger partial charge < -0.3 is 20.7 Å². The van der Waals surface area contributed by atoms with Gasteiger partial charge >= 0.3 is 11.9 Å². The van der Waals surface area contributed by atoms with Crippen molar-refractivity contribution < 1.29 is 19.7 Å². The summed E-state index contributed by atoms with van der Waals surface area (Å²) in [5.74, 6) is -3.18. The van der Waals surface area contributed by atoms with Crippen LogP contribution in [0.15, 0.2) is 0 Å². The number of aliphatic hydroxyl groups is 2. The molecule has 0 aliphatic heterocycles. The molecule has 0 spiro atoms. The molecule has 0 saturated carbocycles. The fraction of sp³-hybridized carbons (Fsp3) is 0.833. The summed E-state index contributed by atoms with van der Waals surface area (Å²) < 4.78 is 4.14. The van der Waals surface area contributed by atoms with Crippen LogP contribution >= 0.6 is 0 Å². The Balaban J connectivity index is 3.89. The number of esters is 1. The Labute approximate surface area is 64.8 Å². The molecule has 0 saturated heterocycles. The zero-order valence-corrected chi connectivity index (χ0v) is 6.57. The van der Waals surface area contributed by atoms with E-state index in [0.717, 1.165) is 6.92 Å². The van der Waals surface area contributed by atoms with E-state index in [1.807, 2.05) is 0 Å². The van der Waals surface area contributed by atoms with Gasteiger partial charge in [-0.3, -0.25) is 4.79 Å². The minimum absolute atomic E-state index is 0.202. The van der Waals surface area contributed by atoms with E-state index in [1.54, 1.807) is 6.92 Å². The van der Waals surface area contributed by atoms with Crippen LogP contribution in [-0.4, -0.2) is 28.2 Å². The van der Waals surface area contributed by atoms with Crippen molar-refractivity contribution in [1.82, 2.24) is 0 Å². The lowest BCUT2D eigenvalue weighted by atomic mass is 10.2. The molecule has 0 amide bonds. The number of rotatable bonds is 3. The Morgan fingerprint density at radius 1 is 1.73 bits per heavy atom. The molecule has 1 unspecified atom stereocenters. The highest BCUT2D eigenvalue weighted by atomic mass is 16.8. The topological polar surface area (TPSA) is 92.8 Å². The van der Waals surface area contributed by atoms with Crippen LogP contribution in [0.3, 0.4) is 0 Å². The maximum Gasteiger partial charge on any atom is 0.325 e. The zero-order chi connectivity index (χ0) is 9.07. The molecular formula is C6H13NO4. The van der Waals surface area contributed by atoms with Crippen LogP contribution in [0.4, 0.5) is 0 Å². The van der Waals surface area contributed by atoms with Gasteiger partial charge in [0.05, 0.1) is 6.42 Å². The lowest BCUT2D eigenvalue weighted by molar-refractivity contribution is -0.322. The Morgan fingerprint density at radius 2 is 2.18 bits per heavy atom. The number of nitrogens with two attached hydrogens (primary N) is 1. The van der Waals surface area contributed by atoms with Crippen molar-refractivity contribution in [2.24, 2.45) is 5.73 Å². The second kappa shape index (κ2) is 3.66. The summed E-state index contributed by atoms with van der Waals surface area (Å²) in [6.07, 6.45) is -0.202. The second-order valence-electron chi connectivity index (χ2n) is 2.52. The van der Waals surface area contributed by atoms with E-state index in [1.165, 1.54) is 0 Å². The normalized spacial score (nSPS) is 14.3. The van der Waals surface area contributed by atoms with E-state index in [9.17, 15) is 4.79 Å². The van der Waals surface area contributed by atoms with E-state index >= 15 is 0 Å². The van der Waals surface area contributed by atoms with Crippen LogP contribution in [-0.2, 0) is 9.53 Å². The minimum Gasteiger partial charge on any atom is -0.408 e. The molecule has 0 aromatic carbocycles. The third-order valence-electron chi connectivity index (χ3n) is 0.895. The average molecular weight is 163 g/mol. The summed E-state index contributed by atoms with van der Waals surface area (Å²) in [6, 6.07) is -0.440. The molecule has 0 bridgehead atoms. The Hall–Kier alpha value is -0.650. The van der Waals surface area contributed by atoms with Gasteiger partial charge in [-0.1, -0.05) is 0 Å². The molecule has 0 aromatic rings. The molecule has 0 aliphatic rings. The predicted octanol–water partition coefficient (Wildman–Crippen LogP) is -1.07. The van der Waals surface area contributed by atoms with Gasteiger partial charge in [0.15, 0.2) is 0 Å². The highest BCUT2D eigenvalue weighted by Gasteiger charge is 2.28. The van der Waals surface area contributed by atoms with Crippen molar-refractivity contribution in [2.45, 2.75) is 32.3 Å². The van der Waals surface area contributed by atoms with Crippen LogP contribution < -0.4 is 5.73 Å². The highest BCUT2D eigenvalue weighted by molar-refractivity contribution is 5.66. The first-order valence-corrected chi connectivity index (χ1v) is 3.23. The molecule has 0 fully saturated rings. The fourth-order valence-electron chi connectivity index (χ4n) is 0.691. The lowest BCUT2D eigenvalue weighted by Crippen LogP contribution is -2.39. The molecule has 0 radical (unpaired) electrons. The van der Waals surface area contributed by atoms with Gasteiger partial charge in [0.25, 0.3) is 0 Å². The van der Waals surface area contributed by atoms with Crippen molar-refractivity contribution in [3.8, 4) is 0 Å². The van der Waals surface area contributed by atoms with Gasteiger partial charge in [0.2, 0.25) is 0 Å². The largest absolute Gasteiger partial charge is 0.408 e. The smallest absolute Gasteiger partial charge is 0.325 e. The lowest BCUT2D eigenvalue weighted by Gasteiger charge is -2.21. The van der Waals surface area contributed by atoms with Crippen molar-refractivity contribution >= 4 is 5.97 Å². The molecule has 0 aromatic heterocycles. The Bertz CT molecular complexity index is 144. The van der Waals surface area contributed by atoms with Gasteiger partial charge in [-0.15, -0.1) is 0 Å².